The number of benzene rings is 1. The monoisotopic (exact) mass is 439 g/mol. The third-order valence-corrected chi connectivity index (χ3v) is 6.79. The van der Waals surface area contributed by atoms with Crippen molar-refractivity contribution < 1.29 is 4.92 Å². The molecule has 4 rings (SSSR count). The van der Waals surface area contributed by atoms with Crippen molar-refractivity contribution in [2.24, 2.45) is 11.7 Å². The van der Waals surface area contributed by atoms with E-state index in [2.05, 4.69) is 20.2 Å². The van der Waals surface area contributed by atoms with Crippen LogP contribution in [0.25, 0.3) is 0 Å². The number of nitrogens with one attached hydrogen (secondary N) is 1. The Morgan fingerprint density at radius 2 is 1.84 bits per heavy atom. The molecule has 1 saturated carbocycles. The highest BCUT2D eigenvalue weighted by atomic mass is 16.6. The van der Waals surface area contributed by atoms with Crippen molar-refractivity contribution in [1.29, 1.82) is 0 Å². The summed E-state index contributed by atoms with van der Waals surface area (Å²) in [6, 6.07) is 8.37. The minimum Gasteiger partial charge on any atom is -0.368 e. The van der Waals surface area contributed by atoms with Gasteiger partial charge in [0.25, 0.3) is 0 Å². The Balaban J connectivity index is 1.44. The van der Waals surface area contributed by atoms with E-state index in [0.29, 0.717) is 37.2 Å². The first-order valence-electron chi connectivity index (χ1n) is 11.6. The number of nitro groups is 1. The lowest BCUT2D eigenvalue weighted by Gasteiger charge is -2.34. The van der Waals surface area contributed by atoms with Crippen molar-refractivity contribution in [3.63, 3.8) is 0 Å². The Morgan fingerprint density at radius 1 is 1.12 bits per heavy atom. The molecule has 2 aliphatic rings. The largest absolute Gasteiger partial charge is 0.368 e. The van der Waals surface area contributed by atoms with Crippen molar-refractivity contribution in [3.8, 4) is 0 Å². The summed E-state index contributed by atoms with van der Waals surface area (Å²) in [7, 11) is 0. The minimum atomic E-state index is -0.409. The molecule has 0 unspecified atom stereocenters. The minimum absolute atomic E-state index is 0.0424. The summed E-state index contributed by atoms with van der Waals surface area (Å²) < 4.78 is 0. The molecule has 5 N–H and O–H groups in total. The maximum absolute atomic E-state index is 11.9. The normalized spacial score (nSPS) is 21.5. The SMILES string of the molecule is NCc1cccc(Cc2nc(N)nc(NC[C@H]3CC[C@H](N4CCCC4)CC3)c2[N+](=O)[O-])c1. The molecule has 0 amide bonds. The number of hydrogen-bond acceptors (Lipinski definition) is 8. The Kier molecular flexibility index (Phi) is 7.16. The van der Waals surface area contributed by atoms with Gasteiger partial charge in [-0.2, -0.15) is 4.98 Å². The van der Waals surface area contributed by atoms with Gasteiger partial charge in [-0.15, -0.1) is 0 Å². The summed E-state index contributed by atoms with van der Waals surface area (Å²) in [6.45, 7) is 3.54. The van der Waals surface area contributed by atoms with Crippen molar-refractivity contribution in [1.82, 2.24) is 14.9 Å². The summed E-state index contributed by atoms with van der Waals surface area (Å²) in [6.07, 6.45) is 7.58. The van der Waals surface area contributed by atoms with Crippen LogP contribution in [0.3, 0.4) is 0 Å². The van der Waals surface area contributed by atoms with Gasteiger partial charge < -0.3 is 21.7 Å². The van der Waals surface area contributed by atoms with Gasteiger partial charge in [0, 0.05) is 25.6 Å². The van der Waals surface area contributed by atoms with E-state index in [0.717, 1.165) is 24.0 Å². The summed E-state index contributed by atoms with van der Waals surface area (Å²) in [5, 5.41) is 15.2. The molecule has 2 fully saturated rings. The topological polar surface area (TPSA) is 136 Å². The van der Waals surface area contributed by atoms with E-state index < -0.39 is 4.92 Å². The fourth-order valence-electron chi connectivity index (χ4n) is 5.08. The average Bonchev–Trinajstić information content (AvgIpc) is 3.32. The van der Waals surface area contributed by atoms with Crippen LogP contribution in [0.1, 0.15) is 55.3 Å². The highest BCUT2D eigenvalue weighted by molar-refractivity contribution is 5.61. The van der Waals surface area contributed by atoms with Crippen LogP contribution in [0.2, 0.25) is 0 Å². The molecule has 0 spiro atoms. The van der Waals surface area contributed by atoms with Gasteiger partial charge in [0.2, 0.25) is 11.8 Å². The molecule has 32 heavy (non-hydrogen) atoms. The third kappa shape index (κ3) is 5.34. The van der Waals surface area contributed by atoms with Gasteiger partial charge in [-0.05, 0) is 68.7 Å². The number of anilines is 2. The van der Waals surface area contributed by atoms with Crippen molar-refractivity contribution in [2.75, 3.05) is 30.7 Å². The van der Waals surface area contributed by atoms with Crippen LogP contribution in [0.15, 0.2) is 24.3 Å². The second-order valence-corrected chi connectivity index (χ2v) is 8.98. The lowest BCUT2D eigenvalue weighted by molar-refractivity contribution is -0.385. The standard InChI is InChI=1S/C23H33N7O2/c24-14-18-5-3-4-17(12-18)13-20-21(30(31)32)22(28-23(25)27-20)26-15-16-6-8-19(9-7-16)29-10-1-2-11-29/h3-5,12,16,19H,1-2,6-11,13-15,24H2,(H3,25,26,27,28)/t16-,19-. The first-order valence-corrected chi connectivity index (χ1v) is 11.6. The zero-order valence-electron chi connectivity index (χ0n) is 18.5. The Labute approximate surface area is 188 Å². The van der Waals surface area contributed by atoms with Gasteiger partial charge in [-0.25, -0.2) is 4.98 Å². The van der Waals surface area contributed by atoms with Crippen LogP contribution < -0.4 is 16.8 Å². The second kappa shape index (κ2) is 10.2. The molecule has 9 nitrogen and oxygen atoms in total. The number of nitrogens with two attached hydrogens (primary N) is 2. The van der Waals surface area contributed by atoms with Gasteiger partial charge in [0.15, 0.2) is 0 Å². The lowest BCUT2D eigenvalue weighted by Crippen LogP contribution is -2.37. The smallest absolute Gasteiger partial charge is 0.333 e. The first kappa shape index (κ1) is 22.4. The van der Waals surface area contributed by atoms with Gasteiger partial charge in [0.1, 0.15) is 5.69 Å². The van der Waals surface area contributed by atoms with E-state index >= 15 is 0 Å². The zero-order valence-corrected chi connectivity index (χ0v) is 18.5. The Hall–Kier alpha value is -2.78. The molecule has 1 saturated heterocycles. The first-order chi connectivity index (χ1) is 15.5. The highest BCUT2D eigenvalue weighted by Crippen LogP contribution is 2.32. The third-order valence-electron chi connectivity index (χ3n) is 6.79. The molecule has 0 bridgehead atoms. The second-order valence-electron chi connectivity index (χ2n) is 8.98. The fourth-order valence-corrected chi connectivity index (χ4v) is 5.08. The summed E-state index contributed by atoms with van der Waals surface area (Å²) in [5.41, 5.74) is 13.7. The average molecular weight is 440 g/mol. The molecular weight excluding hydrogens is 406 g/mol. The van der Waals surface area contributed by atoms with Gasteiger partial charge in [0.05, 0.1) is 4.92 Å². The van der Waals surface area contributed by atoms with Crippen LogP contribution >= 0.6 is 0 Å². The van der Waals surface area contributed by atoms with E-state index in [9.17, 15) is 10.1 Å². The molecule has 0 atom stereocenters. The molecule has 2 aromatic rings. The van der Waals surface area contributed by atoms with Gasteiger partial charge in [-0.3, -0.25) is 10.1 Å². The molecule has 9 heteroatoms. The van der Waals surface area contributed by atoms with E-state index in [4.69, 9.17) is 11.5 Å². The Morgan fingerprint density at radius 3 is 2.53 bits per heavy atom. The van der Waals surface area contributed by atoms with Gasteiger partial charge >= 0.3 is 5.69 Å². The predicted molar refractivity (Wildman–Crippen MR) is 125 cm³/mol. The summed E-state index contributed by atoms with van der Waals surface area (Å²) in [4.78, 5) is 22.5. The van der Waals surface area contributed by atoms with Crippen molar-refractivity contribution in [3.05, 3.63) is 51.2 Å². The zero-order chi connectivity index (χ0) is 22.5. The molecule has 2 heterocycles. The van der Waals surface area contributed by atoms with E-state index in [1.807, 2.05) is 24.3 Å². The van der Waals surface area contributed by atoms with Crippen LogP contribution in [0.5, 0.6) is 0 Å². The number of nitrogens with zero attached hydrogens (tertiary/aromatic N) is 4. The Bertz CT molecular complexity index is 938. The van der Waals surface area contributed by atoms with Gasteiger partial charge in [-0.1, -0.05) is 24.3 Å². The van der Waals surface area contributed by atoms with Crippen LogP contribution in [-0.2, 0) is 13.0 Å². The number of nitrogen functional groups attached to an aromatic ring is 1. The van der Waals surface area contributed by atoms with Crippen LogP contribution in [-0.4, -0.2) is 45.5 Å². The molecule has 0 radical (unpaired) electrons. The maximum atomic E-state index is 11.9. The van der Waals surface area contributed by atoms with E-state index in [-0.39, 0.29) is 17.5 Å². The molecule has 1 aliphatic heterocycles. The highest BCUT2D eigenvalue weighted by Gasteiger charge is 2.29. The molecule has 172 valence electrons. The van der Waals surface area contributed by atoms with E-state index in [1.165, 1.54) is 38.8 Å². The van der Waals surface area contributed by atoms with Crippen molar-refractivity contribution in [2.45, 2.75) is 57.5 Å². The quantitative estimate of drug-likeness (QED) is 0.422. The summed E-state index contributed by atoms with van der Waals surface area (Å²) in [5.74, 6) is 0.740. The number of rotatable bonds is 8. The fraction of sp³-hybridized carbons (Fsp3) is 0.565. The number of hydrogen-bond donors (Lipinski definition) is 3. The molecule has 1 aromatic carbocycles. The summed E-state index contributed by atoms with van der Waals surface area (Å²) >= 11 is 0. The molecule has 1 aliphatic carbocycles. The van der Waals surface area contributed by atoms with Crippen molar-refractivity contribution >= 4 is 17.5 Å². The predicted octanol–water partition coefficient (Wildman–Crippen LogP) is 3.08. The maximum Gasteiger partial charge on any atom is 0.333 e. The van der Waals surface area contributed by atoms with E-state index in [1.54, 1.807) is 0 Å². The number of aromatic nitrogens is 2. The van der Waals surface area contributed by atoms with Crippen LogP contribution in [0.4, 0.5) is 17.5 Å². The molecule has 1 aromatic heterocycles. The number of likely N-dealkylation sites (tertiary alicyclic amines) is 1. The molecular formula is C23H33N7O2. The van der Waals surface area contributed by atoms with Crippen LogP contribution in [0, 0.1) is 16.0 Å². The lowest BCUT2D eigenvalue weighted by atomic mass is 9.85.